The maximum atomic E-state index is 11.7. The number of hydrogen-bond donors (Lipinski definition) is 2. The zero-order valence-electron chi connectivity index (χ0n) is 14.9. The summed E-state index contributed by atoms with van der Waals surface area (Å²) in [6, 6.07) is -0.502. The van der Waals surface area contributed by atoms with E-state index in [1.807, 2.05) is 13.8 Å². The molecule has 4 atom stereocenters. The lowest BCUT2D eigenvalue weighted by atomic mass is 9.87. The number of carbonyl (C=O) groups is 2. The van der Waals surface area contributed by atoms with E-state index in [2.05, 4.69) is 5.32 Å². The number of hydrogen-bond acceptors (Lipinski definition) is 5. The van der Waals surface area contributed by atoms with Gasteiger partial charge in [-0.05, 0) is 32.8 Å². The predicted octanol–water partition coefficient (Wildman–Crippen LogP) is 1.61. The van der Waals surface area contributed by atoms with Crippen molar-refractivity contribution in [3.63, 3.8) is 0 Å². The van der Waals surface area contributed by atoms with Gasteiger partial charge in [0.15, 0.2) is 5.79 Å². The normalized spacial score (nSPS) is 31.5. The Morgan fingerprint density at radius 2 is 1.96 bits per heavy atom. The second-order valence-electron chi connectivity index (χ2n) is 6.71. The standard InChI is InChI=1S/C17H27NO6/c1-6-10(7-2)22-12-8-11(16(20)21)14-15(13(12)18-9(3)19)24-17(4,5)23-14/h8,10,12-15H,6-7H2,1-5H3,(H,18,19)(H,20,21). The van der Waals surface area contributed by atoms with Crippen LogP contribution >= 0.6 is 0 Å². The van der Waals surface area contributed by atoms with Crippen molar-refractivity contribution >= 4 is 11.9 Å². The van der Waals surface area contributed by atoms with Crippen molar-refractivity contribution in [2.45, 2.75) is 83.7 Å². The van der Waals surface area contributed by atoms with Crippen LogP contribution in [0.15, 0.2) is 11.6 Å². The Hall–Kier alpha value is -1.44. The van der Waals surface area contributed by atoms with Crippen molar-refractivity contribution in [2.24, 2.45) is 0 Å². The Morgan fingerprint density at radius 3 is 2.46 bits per heavy atom. The number of fused-ring (bicyclic) bond motifs is 1. The van der Waals surface area contributed by atoms with Gasteiger partial charge in [-0.3, -0.25) is 4.79 Å². The van der Waals surface area contributed by atoms with Crippen molar-refractivity contribution < 1.29 is 28.9 Å². The van der Waals surface area contributed by atoms with Crippen molar-refractivity contribution in [2.75, 3.05) is 0 Å². The van der Waals surface area contributed by atoms with Gasteiger partial charge in [0.05, 0.1) is 23.8 Å². The smallest absolute Gasteiger partial charge is 0.334 e. The van der Waals surface area contributed by atoms with E-state index in [0.29, 0.717) is 0 Å². The molecule has 0 saturated carbocycles. The fourth-order valence-electron chi connectivity index (χ4n) is 3.27. The van der Waals surface area contributed by atoms with Gasteiger partial charge in [-0.2, -0.15) is 0 Å². The number of carboxylic acid groups (broad SMARTS) is 1. The van der Waals surface area contributed by atoms with Crippen LogP contribution in [0.2, 0.25) is 0 Å². The third-order valence-corrected chi connectivity index (χ3v) is 4.36. The molecule has 1 aliphatic heterocycles. The van der Waals surface area contributed by atoms with Crippen LogP contribution in [0.3, 0.4) is 0 Å². The molecule has 7 heteroatoms. The molecule has 0 spiro atoms. The topological polar surface area (TPSA) is 94.1 Å². The Bertz CT molecular complexity index is 525. The van der Waals surface area contributed by atoms with E-state index >= 15 is 0 Å². The fraction of sp³-hybridized carbons (Fsp3) is 0.765. The molecule has 0 bridgehead atoms. The number of ether oxygens (including phenoxy) is 3. The van der Waals surface area contributed by atoms with Gasteiger partial charge in [0, 0.05) is 6.92 Å². The summed E-state index contributed by atoms with van der Waals surface area (Å²) in [7, 11) is 0. The number of carboxylic acids is 1. The maximum Gasteiger partial charge on any atom is 0.334 e. The van der Waals surface area contributed by atoms with Crippen molar-refractivity contribution in [3.8, 4) is 0 Å². The molecule has 7 nitrogen and oxygen atoms in total. The van der Waals surface area contributed by atoms with Gasteiger partial charge < -0.3 is 24.6 Å². The Kier molecular flexibility index (Phi) is 5.67. The van der Waals surface area contributed by atoms with Gasteiger partial charge in [-0.25, -0.2) is 4.79 Å². The van der Waals surface area contributed by atoms with E-state index < -0.39 is 36.1 Å². The first-order valence-corrected chi connectivity index (χ1v) is 8.41. The summed E-state index contributed by atoms with van der Waals surface area (Å²) in [6.07, 6.45) is 1.19. The van der Waals surface area contributed by atoms with Crippen molar-refractivity contribution in [1.29, 1.82) is 0 Å². The lowest BCUT2D eigenvalue weighted by Crippen LogP contribution is -2.58. The number of carbonyl (C=O) groups excluding carboxylic acids is 1. The second kappa shape index (κ2) is 7.21. The molecule has 136 valence electrons. The number of amides is 1. The van der Waals surface area contributed by atoms with Crippen LogP contribution in [-0.4, -0.2) is 53.2 Å². The van der Waals surface area contributed by atoms with Gasteiger partial charge in [0.25, 0.3) is 0 Å². The summed E-state index contributed by atoms with van der Waals surface area (Å²) in [5.41, 5.74) is 0.114. The highest BCUT2D eigenvalue weighted by Crippen LogP contribution is 2.38. The molecule has 0 aromatic rings. The molecular weight excluding hydrogens is 314 g/mol. The van der Waals surface area contributed by atoms with Crippen LogP contribution in [0, 0.1) is 0 Å². The van der Waals surface area contributed by atoms with Crippen LogP contribution in [0.5, 0.6) is 0 Å². The highest BCUT2D eigenvalue weighted by molar-refractivity contribution is 5.88. The molecule has 0 aromatic carbocycles. The Balaban J connectivity index is 2.38. The second-order valence-corrected chi connectivity index (χ2v) is 6.71. The van der Waals surface area contributed by atoms with Crippen molar-refractivity contribution in [1.82, 2.24) is 5.32 Å². The zero-order valence-corrected chi connectivity index (χ0v) is 14.9. The Morgan fingerprint density at radius 1 is 1.33 bits per heavy atom. The van der Waals surface area contributed by atoms with Gasteiger partial charge in [0.1, 0.15) is 12.2 Å². The monoisotopic (exact) mass is 341 g/mol. The average Bonchev–Trinajstić information content (AvgIpc) is 2.80. The molecule has 0 radical (unpaired) electrons. The van der Waals surface area contributed by atoms with Crippen LogP contribution in [0.1, 0.15) is 47.5 Å². The molecule has 24 heavy (non-hydrogen) atoms. The molecule has 4 unspecified atom stereocenters. The van der Waals surface area contributed by atoms with E-state index in [1.54, 1.807) is 19.9 Å². The average molecular weight is 341 g/mol. The molecule has 0 aromatic heterocycles. The van der Waals surface area contributed by atoms with Crippen LogP contribution in [0.25, 0.3) is 0 Å². The lowest BCUT2D eigenvalue weighted by Gasteiger charge is -2.37. The quantitative estimate of drug-likeness (QED) is 0.762. The van der Waals surface area contributed by atoms with E-state index in [9.17, 15) is 14.7 Å². The molecule has 1 heterocycles. The molecule has 2 aliphatic rings. The van der Waals surface area contributed by atoms with Gasteiger partial charge in [-0.1, -0.05) is 13.8 Å². The van der Waals surface area contributed by atoms with E-state index in [1.165, 1.54) is 6.92 Å². The fourth-order valence-corrected chi connectivity index (χ4v) is 3.27. The molecule has 2 N–H and O–H groups in total. The minimum absolute atomic E-state index is 0.0237. The number of rotatable bonds is 6. The molecule has 1 saturated heterocycles. The first kappa shape index (κ1) is 18.9. The third-order valence-electron chi connectivity index (χ3n) is 4.36. The first-order chi connectivity index (χ1) is 11.2. The van der Waals surface area contributed by atoms with Crippen LogP contribution in [-0.2, 0) is 23.8 Å². The zero-order chi connectivity index (χ0) is 18.1. The van der Waals surface area contributed by atoms with Crippen LogP contribution in [0.4, 0.5) is 0 Å². The molecule has 1 aliphatic carbocycles. The molecule has 2 rings (SSSR count). The van der Waals surface area contributed by atoms with E-state index in [4.69, 9.17) is 14.2 Å². The molecule has 1 amide bonds. The minimum atomic E-state index is -1.06. The largest absolute Gasteiger partial charge is 0.478 e. The summed E-state index contributed by atoms with van der Waals surface area (Å²) >= 11 is 0. The van der Waals surface area contributed by atoms with E-state index in [0.717, 1.165) is 12.8 Å². The van der Waals surface area contributed by atoms with E-state index in [-0.39, 0.29) is 17.6 Å². The number of nitrogens with one attached hydrogen (secondary N) is 1. The maximum absolute atomic E-state index is 11.7. The third kappa shape index (κ3) is 3.96. The lowest BCUT2D eigenvalue weighted by molar-refractivity contribution is -0.152. The molecular formula is C17H27NO6. The van der Waals surface area contributed by atoms with Crippen LogP contribution < -0.4 is 5.32 Å². The summed E-state index contributed by atoms with van der Waals surface area (Å²) in [5, 5.41) is 12.4. The predicted molar refractivity (Wildman–Crippen MR) is 86.4 cm³/mol. The highest BCUT2D eigenvalue weighted by atomic mass is 16.8. The number of aliphatic carboxylic acids is 1. The highest BCUT2D eigenvalue weighted by Gasteiger charge is 2.53. The van der Waals surface area contributed by atoms with Gasteiger partial charge in [-0.15, -0.1) is 0 Å². The SMILES string of the molecule is CCC(CC)OC1C=C(C(=O)O)C2OC(C)(C)OC2C1NC(C)=O. The molecule has 1 fully saturated rings. The summed E-state index contributed by atoms with van der Waals surface area (Å²) in [6.45, 7) is 8.89. The first-order valence-electron chi connectivity index (χ1n) is 8.41. The summed E-state index contributed by atoms with van der Waals surface area (Å²) in [4.78, 5) is 23.3. The Labute approximate surface area is 142 Å². The van der Waals surface area contributed by atoms with Gasteiger partial charge in [0.2, 0.25) is 5.91 Å². The van der Waals surface area contributed by atoms with Gasteiger partial charge >= 0.3 is 5.97 Å². The minimum Gasteiger partial charge on any atom is -0.478 e. The summed E-state index contributed by atoms with van der Waals surface area (Å²) in [5.74, 6) is -2.21. The van der Waals surface area contributed by atoms with Crippen molar-refractivity contribution in [3.05, 3.63) is 11.6 Å². The summed E-state index contributed by atoms with van der Waals surface area (Å²) < 4.78 is 17.7.